The maximum atomic E-state index is 10.9. The maximum Gasteiger partial charge on any atom is 0.221 e. The zero-order valence-electron chi connectivity index (χ0n) is 11.1. The summed E-state index contributed by atoms with van der Waals surface area (Å²) in [6.07, 6.45) is 0. The Morgan fingerprint density at radius 3 is 2.67 bits per heavy atom. The molecule has 0 aliphatic heterocycles. The van der Waals surface area contributed by atoms with E-state index in [1.807, 2.05) is 26.0 Å². The fourth-order valence-corrected chi connectivity index (χ4v) is 1.61. The minimum atomic E-state index is -0.273. The minimum absolute atomic E-state index is 0.149. The first-order chi connectivity index (χ1) is 8.65. The van der Waals surface area contributed by atoms with E-state index < -0.39 is 0 Å². The number of benzene rings is 1. The van der Waals surface area contributed by atoms with E-state index >= 15 is 0 Å². The van der Waals surface area contributed by atoms with E-state index in [4.69, 9.17) is 10.5 Å². The van der Waals surface area contributed by atoms with Crippen LogP contribution in [-0.4, -0.2) is 19.1 Å². The van der Waals surface area contributed by atoms with Gasteiger partial charge in [-0.05, 0) is 18.1 Å². The minimum Gasteiger partial charge on any atom is -0.377 e. The lowest BCUT2D eigenvalue weighted by Gasteiger charge is -2.12. The monoisotopic (exact) mass is 250 g/mol. The van der Waals surface area contributed by atoms with Crippen LogP contribution >= 0.6 is 0 Å². The summed E-state index contributed by atoms with van der Waals surface area (Å²) in [6, 6.07) is 8.13. The molecule has 0 spiro atoms. The molecule has 1 aromatic carbocycles. The largest absolute Gasteiger partial charge is 0.377 e. The molecular formula is C14H22N2O2. The summed E-state index contributed by atoms with van der Waals surface area (Å²) in [4.78, 5) is 10.9. The van der Waals surface area contributed by atoms with Crippen LogP contribution in [0.15, 0.2) is 24.3 Å². The first-order valence-electron chi connectivity index (χ1n) is 6.29. The Bertz CT molecular complexity index is 380. The average molecular weight is 250 g/mol. The SMILES string of the molecule is CCOCc1ccccc1CNCC(C)C(N)=O. The smallest absolute Gasteiger partial charge is 0.221 e. The second kappa shape index (κ2) is 7.84. The number of hydrogen-bond donors (Lipinski definition) is 2. The summed E-state index contributed by atoms with van der Waals surface area (Å²) in [5.41, 5.74) is 7.59. The van der Waals surface area contributed by atoms with Crippen LogP contribution in [0.25, 0.3) is 0 Å². The van der Waals surface area contributed by atoms with E-state index in [9.17, 15) is 4.79 Å². The lowest BCUT2D eigenvalue weighted by molar-refractivity contribution is -0.121. The molecule has 0 aliphatic rings. The van der Waals surface area contributed by atoms with Crippen molar-refractivity contribution in [3.8, 4) is 0 Å². The predicted octanol–water partition coefficient (Wildman–Crippen LogP) is 1.43. The summed E-state index contributed by atoms with van der Waals surface area (Å²) < 4.78 is 5.42. The number of carbonyl (C=O) groups is 1. The normalized spacial score (nSPS) is 12.3. The van der Waals surface area contributed by atoms with Gasteiger partial charge in [-0.2, -0.15) is 0 Å². The van der Waals surface area contributed by atoms with Crippen LogP contribution in [0.2, 0.25) is 0 Å². The van der Waals surface area contributed by atoms with Crippen LogP contribution in [0, 0.1) is 5.92 Å². The highest BCUT2D eigenvalue weighted by Crippen LogP contribution is 2.10. The second-order valence-electron chi connectivity index (χ2n) is 4.34. The topological polar surface area (TPSA) is 64.3 Å². The van der Waals surface area contributed by atoms with Crippen LogP contribution in [0.3, 0.4) is 0 Å². The third-order valence-electron chi connectivity index (χ3n) is 2.83. The third kappa shape index (κ3) is 4.85. The number of primary amides is 1. The van der Waals surface area contributed by atoms with Crippen LogP contribution < -0.4 is 11.1 Å². The van der Waals surface area contributed by atoms with Gasteiger partial charge in [-0.15, -0.1) is 0 Å². The highest BCUT2D eigenvalue weighted by atomic mass is 16.5. The van der Waals surface area contributed by atoms with E-state index in [0.717, 1.165) is 6.54 Å². The summed E-state index contributed by atoms with van der Waals surface area (Å²) >= 11 is 0. The van der Waals surface area contributed by atoms with Crippen molar-refractivity contribution >= 4 is 5.91 Å². The molecule has 0 bridgehead atoms. The first-order valence-corrected chi connectivity index (χ1v) is 6.29. The highest BCUT2D eigenvalue weighted by Gasteiger charge is 2.08. The lowest BCUT2D eigenvalue weighted by atomic mass is 10.1. The number of nitrogens with two attached hydrogens (primary N) is 1. The standard InChI is InChI=1S/C14H22N2O2/c1-3-18-10-13-7-5-4-6-12(13)9-16-8-11(2)14(15)17/h4-7,11,16H,3,8-10H2,1-2H3,(H2,15,17). The van der Waals surface area contributed by atoms with Crippen LogP contribution in [-0.2, 0) is 22.7 Å². The maximum absolute atomic E-state index is 10.9. The van der Waals surface area contributed by atoms with Gasteiger partial charge in [-0.3, -0.25) is 4.79 Å². The number of hydrogen-bond acceptors (Lipinski definition) is 3. The summed E-state index contributed by atoms with van der Waals surface area (Å²) in [5, 5.41) is 3.24. The molecule has 1 atom stereocenters. The molecule has 0 aromatic heterocycles. The predicted molar refractivity (Wildman–Crippen MR) is 71.8 cm³/mol. The zero-order chi connectivity index (χ0) is 13.4. The van der Waals surface area contributed by atoms with E-state index in [-0.39, 0.29) is 11.8 Å². The van der Waals surface area contributed by atoms with E-state index in [1.165, 1.54) is 11.1 Å². The molecule has 4 nitrogen and oxygen atoms in total. The average Bonchev–Trinajstić information content (AvgIpc) is 2.37. The van der Waals surface area contributed by atoms with E-state index in [0.29, 0.717) is 19.8 Å². The van der Waals surface area contributed by atoms with Gasteiger partial charge >= 0.3 is 0 Å². The van der Waals surface area contributed by atoms with E-state index in [2.05, 4.69) is 17.4 Å². The Balaban J connectivity index is 2.48. The Labute approximate surface area is 109 Å². The summed E-state index contributed by atoms with van der Waals surface area (Å²) in [7, 11) is 0. The molecule has 0 heterocycles. The van der Waals surface area contributed by atoms with E-state index in [1.54, 1.807) is 0 Å². The van der Waals surface area contributed by atoms with Crippen LogP contribution in [0.5, 0.6) is 0 Å². The summed E-state index contributed by atoms with van der Waals surface area (Å²) in [6.45, 7) is 6.45. The van der Waals surface area contributed by atoms with Crippen molar-refractivity contribution in [3.05, 3.63) is 35.4 Å². The molecular weight excluding hydrogens is 228 g/mol. The molecule has 1 amide bonds. The van der Waals surface area contributed by atoms with Gasteiger partial charge in [-0.1, -0.05) is 31.2 Å². The highest BCUT2D eigenvalue weighted by molar-refractivity contribution is 5.76. The van der Waals surface area contributed by atoms with Gasteiger partial charge in [0, 0.05) is 25.6 Å². The Morgan fingerprint density at radius 2 is 2.06 bits per heavy atom. The molecule has 1 rings (SSSR count). The molecule has 0 fully saturated rings. The Morgan fingerprint density at radius 1 is 1.39 bits per heavy atom. The molecule has 0 aliphatic carbocycles. The molecule has 0 radical (unpaired) electrons. The van der Waals surface area contributed by atoms with Crippen molar-refractivity contribution in [2.45, 2.75) is 27.0 Å². The fraction of sp³-hybridized carbons (Fsp3) is 0.500. The number of nitrogens with one attached hydrogen (secondary N) is 1. The van der Waals surface area contributed by atoms with Gasteiger partial charge in [0.15, 0.2) is 0 Å². The number of ether oxygens (including phenoxy) is 1. The molecule has 1 aromatic rings. The molecule has 4 heteroatoms. The fourth-order valence-electron chi connectivity index (χ4n) is 1.61. The van der Waals surface area contributed by atoms with Gasteiger partial charge < -0.3 is 15.8 Å². The lowest BCUT2D eigenvalue weighted by Crippen LogP contribution is -2.30. The van der Waals surface area contributed by atoms with Gasteiger partial charge in [0.25, 0.3) is 0 Å². The first kappa shape index (κ1) is 14.7. The number of carbonyl (C=O) groups excluding carboxylic acids is 1. The van der Waals surface area contributed by atoms with Crippen molar-refractivity contribution in [3.63, 3.8) is 0 Å². The van der Waals surface area contributed by atoms with Gasteiger partial charge in [0.05, 0.1) is 6.61 Å². The van der Waals surface area contributed by atoms with Gasteiger partial charge in [0.1, 0.15) is 0 Å². The quantitative estimate of drug-likeness (QED) is 0.733. The number of rotatable bonds is 8. The van der Waals surface area contributed by atoms with Crippen molar-refractivity contribution in [1.29, 1.82) is 0 Å². The molecule has 1 unspecified atom stereocenters. The molecule has 0 saturated carbocycles. The van der Waals surface area contributed by atoms with Crippen LogP contribution in [0.1, 0.15) is 25.0 Å². The van der Waals surface area contributed by atoms with Crippen molar-refractivity contribution in [1.82, 2.24) is 5.32 Å². The second-order valence-corrected chi connectivity index (χ2v) is 4.34. The third-order valence-corrected chi connectivity index (χ3v) is 2.83. The molecule has 0 saturated heterocycles. The molecule has 3 N–H and O–H groups in total. The molecule has 100 valence electrons. The Kier molecular flexibility index (Phi) is 6.39. The van der Waals surface area contributed by atoms with Crippen molar-refractivity contribution in [2.24, 2.45) is 11.7 Å². The number of amides is 1. The van der Waals surface area contributed by atoms with Crippen LogP contribution in [0.4, 0.5) is 0 Å². The van der Waals surface area contributed by atoms with Gasteiger partial charge in [0.2, 0.25) is 5.91 Å². The van der Waals surface area contributed by atoms with Crippen molar-refractivity contribution in [2.75, 3.05) is 13.2 Å². The molecule has 18 heavy (non-hydrogen) atoms. The zero-order valence-corrected chi connectivity index (χ0v) is 11.1. The van der Waals surface area contributed by atoms with Crippen molar-refractivity contribution < 1.29 is 9.53 Å². The van der Waals surface area contributed by atoms with Gasteiger partial charge in [-0.25, -0.2) is 0 Å². The summed E-state index contributed by atoms with van der Waals surface area (Å²) in [5.74, 6) is -0.422. The Hall–Kier alpha value is -1.39.